The van der Waals surface area contributed by atoms with E-state index in [2.05, 4.69) is 5.32 Å². The van der Waals surface area contributed by atoms with Crippen molar-refractivity contribution in [2.24, 2.45) is 11.7 Å². The first-order chi connectivity index (χ1) is 24.5. The molecule has 3 aliphatic heterocycles. The van der Waals surface area contributed by atoms with Crippen molar-refractivity contribution < 1.29 is 43.2 Å². The van der Waals surface area contributed by atoms with E-state index >= 15 is 0 Å². The van der Waals surface area contributed by atoms with E-state index in [4.69, 9.17) is 10.6 Å². The van der Waals surface area contributed by atoms with Gasteiger partial charge in [-0.3, -0.25) is 43.4 Å². The summed E-state index contributed by atoms with van der Waals surface area (Å²) in [5.74, 6) is -3.70. The summed E-state index contributed by atoms with van der Waals surface area (Å²) >= 11 is 0. The molecule has 0 radical (unpaired) electrons. The first-order valence-corrected chi connectivity index (χ1v) is 18.7. The van der Waals surface area contributed by atoms with Crippen molar-refractivity contribution in [1.82, 2.24) is 20.2 Å². The van der Waals surface area contributed by atoms with Crippen molar-refractivity contribution in [3.05, 3.63) is 24.3 Å². The van der Waals surface area contributed by atoms with E-state index in [9.17, 15) is 38.4 Å². The molecule has 7 amide bonds. The highest BCUT2D eigenvalue weighted by Gasteiger charge is 2.39. The summed E-state index contributed by atoms with van der Waals surface area (Å²) in [5, 5.41) is 3.58. The second kappa shape index (κ2) is 21.9. The molecular weight excluding hydrogens is 658 g/mol. The summed E-state index contributed by atoms with van der Waals surface area (Å²) in [4.78, 5) is 98.6. The molecule has 0 bridgehead atoms. The summed E-state index contributed by atoms with van der Waals surface area (Å²) in [6.45, 7) is 1.98. The van der Waals surface area contributed by atoms with Crippen LogP contribution in [0.5, 0.6) is 0 Å². The Morgan fingerprint density at radius 1 is 0.686 bits per heavy atom. The first-order valence-electron chi connectivity index (χ1n) is 18.7. The molecule has 2 aliphatic carbocycles. The third-order valence-corrected chi connectivity index (χ3v) is 9.49. The average molecular weight is 714 g/mol. The SMILES string of the molecule is CC1CC(=O)N(OC(=O)CCCN2C(=O)C=CC2=O)C1=O.NC1CCCCCCC1.O=C(CCCN1C(=O)C=CC1=O)NC1CCCCCCC1. The number of amides is 7. The molecule has 282 valence electrons. The Balaban J connectivity index is 0.000000223. The fourth-order valence-electron chi connectivity index (χ4n) is 6.47. The number of hydrogen-bond donors (Lipinski definition) is 2. The van der Waals surface area contributed by atoms with Crippen LogP contribution in [0.15, 0.2) is 24.3 Å². The molecule has 1 unspecified atom stereocenters. The van der Waals surface area contributed by atoms with Gasteiger partial charge in [0.2, 0.25) is 5.91 Å². The number of carbonyl (C=O) groups excluding carboxylic acids is 8. The lowest BCUT2D eigenvalue weighted by Crippen LogP contribution is -2.36. The highest BCUT2D eigenvalue weighted by molar-refractivity contribution is 6.13. The quantitative estimate of drug-likeness (QED) is 0.317. The zero-order chi connectivity index (χ0) is 37.2. The summed E-state index contributed by atoms with van der Waals surface area (Å²) < 4.78 is 0. The number of nitrogens with zero attached hydrogens (tertiary/aromatic N) is 3. The number of carbonyl (C=O) groups is 8. The minimum Gasteiger partial charge on any atom is -0.353 e. The van der Waals surface area contributed by atoms with Crippen LogP contribution in [-0.4, -0.2) is 87.4 Å². The summed E-state index contributed by atoms with van der Waals surface area (Å²) in [5.41, 5.74) is 5.80. The molecule has 5 aliphatic rings. The van der Waals surface area contributed by atoms with Crippen LogP contribution < -0.4 is 11.1 Å². The minimum absolute atomic E-state index is 0.0224. The number of nitrogens with one attached hydrogen (secondary N) is 1. The second-order valence-corrected chi connectivity index (χ2v) is 13.8. The van der Waals surface area contributed by atoms with Gasteiger partial charge in [-0.05, 0) is 38.5 Å². The second-order valence-electron chi connectivity index (χ2n) is 13.8. The van der Waals surface area contributed by atoms with Crippen molar-refractivity contribution in [2.45, 2.75) is 141 Å². The molecule has 5 rings (SSSR count). The molecule has 1 atom stereocenters. The molecule has 2 saturated carbocycles. The lowest BCUT2D eigenvalue weighted by atomic mass is 9.96. The predicted octanol–water partition coefficient (Wildman–Crippen LogP) is 3.52. The number of nitrogens with two attached hydrogens (primary N) is 1. The molecule has 1 saturated heterocycles. The zero-order valence-corrected chi connectivity index (χ0v) is 30.0. The van der Waals surface area contributed by atoms with Crippen LogP contribution in [0.3, 0.4) is 0 Å². The Morgan fingerprint density at radius 2 is 1.12 bits per heavy atom. The number of hydrogen-bond acceptors (Lipinski definition) is 10. The molecule has 0 aromatic rings. The molecule has 0 aromatic carbocycles. The highest BCUT2D eigenvalue weighted by atomic mass is 16.7. The van der Waals surface area contributed by atoms with Crippen molar-refractivity contribution in [2.75, 3.05) is 13.1 Å². The van der Waals surface area contributed by atoms with Crippen molar-refractivity contribution in [3.63, 3.8) is 0 Å². The van der Waals surface area contributed by atoms with Gasteiger partial charge in [0.15, 0.2) is 0 Å². The third-order valence-electron chi connectivity index (χ3n) is 9.49. The topological polar surface area (TPSA) is 194 Å². The summed E-state index contributed by atoms with van der Waals surface area (Å²) in [6, 6.07) is 0.819. The van der Waals surface area contributed by atoms with E-state index in [0.717, 1.165) is 29.9 Å². The molecule has 3 fully saturated rings. The standard InChI is InChI=1S/C16H24N2O3.C13H14N2O6.C8H17N/c19-14(17-13-7-4-2-1-3-5-8-13)9-6-12-18-15(20)10-11-16(18)21;1-8-7-11(18)15(13(8)20)21-12(19)3-2-6-14-9(16)4-5-10(14)17;9-8-6-4-2-1-3-5-7-8/h10-11,13H,1-9,12H2,(H,17,19);4-5,8H,2-3,6-7H2,1H3;8H,1-7,9H2. The van der Waals surface area contributed by atoms with Gasteiger partial charge in [-0.1, -0.05) is 71.1 Å². The van der Waals surface area contributed by atoms with Gasteiger partial charge in [-0.15, -0.1) is 5.06 Å². The van der Waals surface area contributed by atoms with Crippen LogP contribution in [-0.2, 0) is 43.2 Å². The van der Waals surface area contributed by atoms with Gasteiger partial charge in [-0.2, -0.15) is 0 Å². The summed E-state index contributed by atoms with van der Waals surface area (Å²) in [7, 11) is 0. The van der Waals surface area contributed by atoms with Crippen LogP contribution in [0, 0.1) is 5.92 Å². The van der Waals surface area contributed by atoms with E-state index in [1.54, 1.807) is 6.92 Å². The normalized spacial score (nSPS) is 21.8. The molecule has 0 spiro atoms. The van der Waals surface area contributed by atoms with Gasteiger partial charge in [0.1, 0.15) is 0 Å². The Morgan fingerprint density at radius 3 is 1.57 bits per heavy atom. The van der Waals surface area contributed by atoms with E-state index in [0.29, 0.717) is 36.5 Å². The summed E-state index contributed by atoms with van der Waals surface area (Å²) in [6.07, 6.45) is 23.7. The van der Waals surface area contributed by atoms with E-state index < -0.39 is 35.5 Å². The largest absolute Gasteiger partial charge is 0.353 e. The van der Waals surface area contributed by atoms with Crippen molar-refractivity contribution in [3.8, 4) is 0 Å². The van der Waals surface area contributed by atoms with Crippen LogP contribution in [0.4, 0.5) is 0 Å². The smallest absolute Gasteiger partial charge is 0.333 e. The highest BCUT2D eigenvalue weighted by Crippen LogP contribution is 2.20. The van der Waals surface area contributed by atoms with Gasteiger partial charge in [-0.25, -0.2) is 4.79 Å². The molecular formula is C37H55N5O9. The number of hydroxylamine groups is 2. The van der Waals surface area contributed by atoms with Crippen LogP contribution in [0.1, 0.15) is 129 Å². The monoisotopic (exact) mass is 713 g/mol. The Bertz CT molecular complexity index is 1280. The molecule has 0 aromatic heterocycles. The van der Waals surface area contributed by atoms with Crippen molar-refractivity contribution >= 4 is 47.3 Å². The van der Waals surface area contributed by atoms with E-state index in [-0.39, 0.29) is 43.5 Å². The number of rotatable bonds is 10. The van der Waals surface area contributed by atoms with Crippen LogP contribution in [0.25, 0.3) is 0 Å². The lowest BCUT2D eigenvalue weighted by molar-refractivity contribution is -0.198. The van der Waals surface area contributed by atoms with Gasteiger partial charge in [0.25, 0.3) is 35.4 Å². The molecule has 3 N–H and O–H groups in total. The first kappa shape index (κ1) is 41.2. The van der Waals surface area contributed by atoms with Crippen molar-refractivity contribution in [1.29, 1.82) is 0 Å². The predicted molar refractivity (Wildman–Crippen MR) is 186 cm³/mol. The number of imide groups is 3. The van der Waals surface area contributed by atoms with Gasteiger partial charge in [0.05, 0.1) is 0 Å². The maximum absolute atomic E-state index is 11.9. The Hall–Kier alpha value is -4.20. The van der Waals surface area contributed by atoms with E-state index in [1.807, 2.05) is 0 Å². The maximum Gasteiger partial charge on any atom is 0.333 e. The minimum atomic E-state index is -0.752. The Kier molecular flexibility index (Phi) is 17.7. The third kappa shape index (κ3) is 14.5. The van der Waals surface area contributed by atoms with Gasteiger partial charge in [0, 0.05) is 74.7 Å². The fraction of sp³-hybridized carbons (Fsp3) is 0.676. The zero-order valence-electron chi connectivity index (χ0n) is 30.0. The fourth-order valence-corrected chi connectivity index (χ4v) is 6.47. The average Bonchev–Trinajstić information content (AvgIpc) is 3.65. The van der Waals surface area contributed by atoms with E-state index in [1.165, 1.54) is 94.1 Å². The van der Waals surface area contributed by atoms with Crippen LogP contribution in [0.2, 0.25) is 0 Å². The van der Waals surface area contributed by atoms with Crippen LogP contribution >= 0.6 is 0 Å². The molecule has 51 heavy (non-hydrogen) atoms. The Labute approximate surface area is 300 Å². The van der Waals surface area contributed by atoms with Gasteiger partial charge >= 0.3 is 5.97 Å². The molecule has 3 heterocycles. The molecule has 14 nitrogen and oxygen atoms in total. The molecule has 14 heteroatoms. The van der Waals surface area contributed by atoms with Gasteiger partial charge < -0.3 is 15.9 Å². The lowest BCUT2D eigenvalue weighted by Gasteiger charge is -2.21. The maximum atomic E-state index is 11.9.